The minimum absolute atomic E-state index is 0.00120. The SMILES string of the molecule is COCCCC(c1c[nH]c2ccccc12)N(C(=O)[C@H]1CNC[C@@H](N(Cc2ccccc2)C(=O)C2CCC2)C1)C1CC1. The van der Waals surface area contributed by atoms with Gasteiger partial charge in [0.2, 0.25) is 11.8 Å². The second kappa shape index (κ2) is 12.8. The number of aromatic nitrogens is 1. The van der Waals surface area contributed by atoms with Gasteiger partial charge in [-0.2, -0.15) is 0 Å². The van der Waals surface area contributed by atoms with E-state index in [9.17, 15) is 9.59 Å². The standard InChI is InChI=1S/C34H44N4O3/c1-41-18-8-15-32(30-22-36-31-14-6-5-13-29(30)31)38(27-16-17-27)34(40)26-19-28(21-35-20-26)37(33(39)25-11-7-12-25)23-24-9-3-2-4-10-24/h2-6,9-10,13-14,22,25-28,32,35-36H,7-8,11-12,15-21,23H2,1H3/t26-,28+,32?/m1/s1. The number of methoxy groups -OCH3 is 1. The van der Waals surface area contributed by atoms with Gasteiger partial charge in [-0.25, -0.2) is 0 Å². The van der Waals surface area contributed by atoms with Crippen molar-refractivity contribution in [2.75, 3.05) is 26.8 Å². The van der Waals surface area contributed by atoms with Crippen LogP contribution in [0.15, 0.2) is 60.8 Å². The Hall–Kier alpha value is -3.16. The normalized spacial score (nSPS) is 21.8. The van der Waals surface area contributed by atoms with Crippen LogP contribution >= 0.6 is 0 Å². The van der Waals surface area contributed by atoms with Crippen LogP contribution in [0.25, 0.3) is 10.9 Å². The Balaban J connectivity index is 1.25. The molecule has 7 nitrogen and oxygen atoms in total. The van der Waals surface area contributed by atoms with Crippen molar-refractivity contribution in [2.24, 2.45) is 11.8 Å². The van der Waals surface area contributed by atoms with Gasteiger partial charge in [0.1, 0.15) is 0 Å². The molecule has 2 heterocycles. The topological polar surface area (TPSA) is 77.7 Å². The van der Waals surface area contributed by atoms with Gasteiger partial charge in [-0.05, 0) is 62.1 Å². The van der Waals surface area contributed by atoms with E-state index in [0.717, 1.165) is 62.6 Å². The van der Waals surface area contributed by atoms with Crippen molar-refractivity contribution in [3.8, 4) is 0 Å². The molecule has 2 amide bonds. The number of H-pyrrole nitrogens is 1. The number of piperidine rings is 1. The third kappa shape index (κ3) is 6.21. The number of amides is 2. The van der Waals surface area contributed by atoms with Crippen LogP contribution in [0, 0.1) is 11.8 Å². The number of para-hydroxylation sites is 1. The largest absolute Gasteiger partial charge is 0.385 e. The van der Waals surface area contributed by atoms with E-state index in [1.807, 2.05) is 24.3 Å². The number of nitrogens with zero attached hydrogens (tertiary/aromatic N) is 2. The highest BCUT2D eigenvalue weighted by Crippen LogP contribution is 2.41. The fraction of sp³-hybridized carbons (Fsp3) is 0.529. The molecule has 6 rings (SSSR count). The fourth-order valence-corrected chi connectivity index (χ4v) is 6.79. The second-order valence-electron chi connectivity index (χ2n) is 12.2. The molecule has 0 radical (unpaired) electrons. The van der Waals surface area contributed by atoms with E-state index in [2.05, 4.69) is 56.6 Å². The molecule has 1 saturated heterocycles. The molecule has 7 heteroatoms. The average molecular weight is 557 g/mol. The number of carbonyl (C=O) groups excluding carboxylic acids is 2. The van der Waals surface area contributed by atoms with E-state index < -0.39 is 0 Å². The smallest absolute Gasteiger partial charge is 0.227 e. The molecule has 3 fully saturated rings. The van der Waals surface area contributed by atoms with E-state index >= 15 is 0 Å². The van der Waals surface area contributed by atoms with E-state index in [-0.39, 0.29) is 41.8 Å². The van der Waals surface area contributed by atoms with E-state index in [4.69, 9.17) is 4.74 Å². The molecule has 218 valence electrons. The first kappa shape index (κ1) is 28.0. The first-order chi connectivity index (χ1) is 20.1. The number of fused-ring (bicyclic) bond motifs is 1. The van der Waals surface area contributed by atoms with Crippen LogP contribution in [0.5, 0.6) is 0 Å². The average Bonchev–Trinajstić information content (AvgIpc) is 3.72. The van der Waals surface area contributed by atoms with E-state index in [1.165, 1.54) is 10.9 Å². The number of benzene rings is 2. The lowest BCUT2D eigenvalue weighted by Crippen LogP contribution is -2.56. The number of aromatic amines is 1. The Morgan fingerprint density at radius 2 is 1.71 bits per heavy atom. The number of nitrogens with one attached hydrogen (secondary N) is 2. The van der Waals surface area contributed by atoms with Gasteiger partial charge < -0.3 is 24.8 Å². The molecule has 2 aromatic carbocycles. The number of hydrogen-bond acceptors (Lipinski definition) is 4. The van der Waals surface area contributed by atoms with Gasteiger partial charge in [-0.15, -0.1) is 0 Å². The first-order valence-corrected chi connectivity index (χ1v) is 15.6. The van der Waals surface area contributed by atoms with E-state index in [1.54, 1.807) is 7.11 Å². The van der Waals surface area contributed by atoms with Crippen LogP contribution in [0.2, 0.25) is 0 Å². The molecular weight excluding hydrogens is 512 g/mol. The zero-order valence-electron chi connectivity index (χ0n) is 24.3. The highest BCUT2D eigenvalue weighted by Gasteiger charge is 2.43. The minimum atomic E-state index is -0.156. The van der Waals surface area contributed by atoms with Crippen LogP contribution in [-0.4, -0.2) is 65.5 Å². The summed E-state index contributed by atoms with van der Waals surface area (Å²) in [5.74, 6) is 0.463. The van der Waals surface area contributed by atoms with Crippen LogP contribution in [0.4, 0.5) is 0 Å². The Kier molecular flexibility index (Phi) is 8.73. The van der Waals surface area contributed by atoms with Gasteiger partial charge in [-0.3, -0.25) is 9.59 Å². The molecule has 3 atom stereocenters. The third-order valence-electron chi connectivity index (χ3n) is 9.39. The Morgan fingerprint density at radius 1 is 0.927 bits per heavy atom. The highest BCUT2D eigenvalue weighted by molar-refractivity contribution is 5.86. The summed E-state index contributed by atoms with van der Waals surface area (Å²) >= 11 is 0. The monoisotopic (exact) mass is 556 g/mol. The van der Waals surface area contributed by atoms with Crippen molar-refractivity contribution >= 4 is 22.7 Å². The molecule has 1 aliphatic heterocycles. The maximum absolute atomic E-state index is 14.5. The predicted molar refractivity (Wildman–Crippen MR) is 161 cm³/mol. The molecule has 1 aromatic heterocycles. The zero-order valence-corrected chi connectivity index (χ0v) is 24.3. The molecule has 0 bridgehead atoms. The lowest BCUT2D eigenvalue weighted by atomic mass is 9.83. The van der Waals surface area contributed by atoms with Crippen molar-refractivity contribution < 1.29 is 14.3 Å². The van der Waals surface area contributed by atoms with Gasteiger partial charge in [0.05, 0.1) is 12.0 Å². The lowest BCUT2D eigenvalue weighted by molar-refractivity contribution is -0.146. The quantitative estimate of drug-likeness (QED) is 0.292. The Labute approximate surface area is 243 Å². The molecule has 0 spiro atoms. The zero-order chi connectivity index (χ0) is 28.2. The fourth-order valence-electron chi connectivity index (χ4n) is 6.79. The van der Waals surface area contributed by atoms with Crippen molar-refractivity contribution in [3.63, 3.8) is 0 Å². The summed E-state index contributed by atoms with van der Waals surface area (Å²) in [6.07, 6.45) is 9.77. The van der Waals surface area contributed by atoms with Crippen molar-refractivity contribution in [1.29, 1.82) is 0 Å². The van der Waals surface area contributed by atoms with Gasteiger partial charge in [0.15, 0.2) is 0 Å². The molecule has 3 aromatic rings. The number of rotatable bonds is 12. The lowest BCUT2D eigenvalue weighted by Gasteiger charge is -2.42. The van der Waals surface area contributed by atoms with Crippen LogP contribution in [0.3, 0.4) is 0 Å². The van der Waals surface area contributed by atoms with Gasteiger partial charge >= 0.3 is 0 Å². The first-order valence-electron chi connectivity index (χ1n) is 15.6. The molecular formula is C34H44N4O3. The summed E-state index contributed by atoms with van der Waals surface area (Å²) < 4.78 is 5.42. The molecule has 2 N–H and O–H groups in total. The van der Waals surface area contributed by atoms with Gasteiger partial charge in [0, 0.05) is 68.5 Å². The molecule has 3 aliphatic rings. The Morgan fingerprint density at radius 3 is 2.44 bits per heavy atom. The summed E-state index contributed by atoms with van der Waals surface area (Å²) in [6, 6.07) is 19.0. The summed E-state index contributed by atoms with van der Waals surface area (Å²) in [4.78, 5) is 36.0. The summed E-state index contributed by atoms with van der Waals surface area (Å²) in [7, 11) is 1.74. The molecule has 41 heavy (non-hydrogen) atoms. The molecule has 2 saturated carbocycles. The van der Waals surface area contributed by atoms with Crippen LogP contribution < -0.4 is 5.32 Å². The molecule has 2 aliphatic carbocycles. The minimum Gasteiger partial charge on any atom is -0.385 e. The third-order valence-corrected chi connectivity index (χ3v) is 9.39. The Bertz CT molecular complexity index is 1320. The van der Waals surface area contributed by atoms with Crippen molar-refractivity contribution in [3.05, 3.63) is 71.9 Å². The number of hydrogen-bond donors (Lipinski definition) is 2. The maximum atomic E-state index is 14.5. The van der Waals surface area contributed by atoms with Crippen molar-refractivity contribution in [1.82, 2.24) is 20.1 Å². The summed E-state index contributed by atoms with van der Waals surface area (Å²) in [5, 5.41) is 4.75. The number of ether oxygens (including phenoxy) is 1. The van der Waals surface area contributed by atoms with Crippen LogP contribution in [0.1, 0.15) is 68.5 Å². The van der Waals surface area contributed by atoms with Crippen molar-refractivity contribution in [2.45, 2.75) is 76.0 Å². The molecule has 1 unspecified atom stereocenters. The summed E-state index contributed by atoms with van der Waals surface area (Å²) in [5.41, 5.74) is 3.45. The maximum Gasteiger partial charge on any atom is 0.227 e. The predicted octanol–water partition coefficient (Wildman–Crippen LogP) is 5.43. The highest BCUT2D eigenvalue weighted by atomic mass is 16.5. The van der Waals surface area contributed by atoms with E-state index in [0.29, 0.717) is 26.1 Å². The van der Waals surface area contributed by atoms with Crippen LogP contribution in [-0.2, 0) is 20.9 Å². The van der Waals surface area contributed by atoms with Gasteiger partial charge in [-0.1, -0.05) is 55.0 Å². The summed E-state index contributed by atoms with van der Waals surface area (Å²) in [6.45, 7) is 2.67. The second-order valence-corrected chi connectivity index (χ2v) is 12.2. The van der Waals surface area contributed by atoms with Gasteiger partial charge in [0.25, 0.3) is 0 Å². The number of carbonyl (C=O) groups is 2.